The normalized spacial score (nSPS) is 11.5. The summed E-state index contributed by atoms with van der Waals surface area (Å²) in [5.41, 5.74) is 1.70. The number of allylic oxidation sites excluding steroid dienone is 1. The molecule has 2 N–H and O–H groups in total. The van der Waals surface area contributed by atoms with E-state index in [1.54, 1.807) is 12.1 Å². The molecule has 0 saturated heterocycles. The van der Waals surface area contributed by atoms with Gasteiger partial charge in [0, 0.05) is 11.1 Å². The zero-order chi connectivity index (χ0) is 17.2. The van der Waals surface area contributed by atoms with Crippen molar-refractivity contribution in [3.8, 4) is 11.5 Å². The number of fused-ring (bicyclic) bond motifs is 2. The van der Waals surface area contributed by atoms with E-state index in [-0.39, 0.29) is 5.75 Å². The quantitative estimate of drug-likeness (QED) is 0.510. The van der Waals surface area contributed by atoms with Gasteiger partial charge in [0.15, 0.2) is 0 Å². The van der Waals surface area contributed by atoms with E-state index in [1.165, 1.54) is 0 Å². The van der Waals surface area contributed by atoms with Crippen molar-refractivity contribution in [3.63, 3.8) is 0 Å². The molecule has 0 unspecified atom stereocenters. The van der Waals surface area contributed by atoms with Crippen LogP contribution in [-0.4, -0.2) is 10.2 Å². The second-order valence-corrected chi connectivity index (χ2v) is 6.11. The smallest absolute Gasteiger partial charge is 0.123 e. The lowest BCUT2D eigenvalue weighted by molar-refractivity contribution is 0.471. The Hall–Kier alpha value is -3.26. The Bertz CT molecular complexity index is 1090. The van der Waals surface area contributed by atoms with Crippen molar-refractivity contribution in [1.82, 2.24) is 0 Å². The highest BCUT2D eigenvalue weighted by atomic mass is 16.3. The van der Waals surface area contributed by atoms with Gasteiger partial charge in [-0.05, 0) is 40.1 Å². The highest BCUT2D eigenvalue weighted by molar-refractivity contribution is 5.93. The molecule has 0 aliphatic rings. The van der Waals surface area contributed by atoms with Crippen LogP contribution in [0, 0.1) is 0 Å². The SMILES string of the molecule is Oc1ccc2ccccc2c1/C=C\Cc1c(O)ccc2ccccc12. The number of phenols is 2. The molecule has 0 heterocycles. The summed E-state index contributed by atoms with van der Waals surface area (Å²) in [7, 11) is 0. The van der Waals surface area contributed by atoms with Crippen molar-refractivity contribution in [1.29, 1.82) is 0 Å². The second-order valence-electron chi connectivity index (χ2n) is 6.11. The summed E-state index contributed by atoms with van der Waals surface area (Å²) < 4.78 is 0. The average molecular weight is 326 g/mol. The third kappa shape index (κ3) is 2.83. The highest BCUT2D eigenvalue weighted by Crippen LogP contribution is 2.30. The number of hydrogen-bond donors (Lipinski definition) is 2. The Morgan fingerprint density at radius 1 is 0.640 bits per heavy atom. The van der Waals surface area contributed by atoms with Crippen molar-refractivity contribution < 1.29 is 10.2 Å². The van der Waals surface area contributed by atoms with Gasteiger partial charge in [0.25, 0.3) is 0 Å². The molecule has 2 heteroatoms. The molecule has 0 aliphatic carbocycles. The maximum Gasteiger partial charge on any atom is 0.123 e. The molecular formula is C23H18O2. The third-order valence-electron chi connectivity index (χ3n) is 4.57. The lowest BCUT2D eigenvalue weighted by Gasteiger charge is -2.08. The molecule has 0 radical (unpaired) electrons. The minimum atomic E-state index is 0.261. The molecule has 0 spiro atoms. The highest BCUT2D eigenvalue weighted by Gasteiger charge is 2.06. The lowest BCUT2D eigenvalue weighted by atomic mass is 9.99. The van der Waals surface area contributed by atoms with E-state index in [9.17, 15) is 10.2 Å². The molecule has 4 aromatic rings. The van der Waals surface area contributed by atoms with Crippen molar-refractivity contribution in [2.45, 2.75) is 6.42 Å². The molecule has 2 nitrogen and oxygen atoms in total. The first-order chi connectivity index (χ1) is 12.2. The summed E-state index contributed by atoms with van der Waals surface area (Å²) in [6.45, 7) is 0. The standard InChI is InChI=1S/C23H18O2/c24-22-14-12-16-6-1-3-8-18(16)20(22)10-5-11-21-19-9-4-2-7-17(19)13-15-23(21)25/h1-10,12-15,24-25H,11H2/b10-5-. The maximum absolute atomic E-state index is 10.2. The molecule has 0 fully saturated rings. The van der Waals surface area contributed by atoms with Crippen LogP contribution in [0.4, 0.5) is 0 Å². The Kier molecular flexibility index (Phi) is 3.87. The van der Waals surface area contributed by atoms with E-state index >= 15 is 0 Å². The summed E-state index contributed by atoms with van der Waals surface area (Å²) in [4.78, 5) is 0. The predicted octanol–water partition coefficient (Wildman–Crippen LogP) is 5.66. The molecular weight excluding hydrogens is 308 g/mol. The van der Waals surface area contributed by atoms with Gasteiger partial charge in [0.2, 0.25) is 0 Å². The van der Waals surface area contributed by atoms with E-state index in [1.807, 2.05) is 72.8 Å². The first kappa shape index (κ1) is 15.3. The lowest BCUT2D eigenvalue weighted by Crippen LogP contribution is -1.86. The number of rotatable bonds is 3. The van der Waals surface area contributed by atoms with Gasteiger partial charge in [-0.15, -0.1) is 0 Å². The van der Waals surface area contributed by atoms with Crippen LogP contribution in [-0.2, 0) is 6.42 Å². The van der Waals surface area contributed by atoms with E-state index in [0.29, 0.717) is 12.2 Å². The summed E-state index contributed by atoms with van der Waals surface area (Å²) in [6, 6.07) is 23.3. The topological polar surface area (TPSA) is 40.5 Å². The zero-order valence-electron chi connectivity index (χ0n) is 13.7. The van der Waals surface area contributed by atoms with Crippen molar-refractivity contribution >= 4 is 27.6 Å². The minimum absolute atomic E-state index is 0.261. The molecule has 0 bridgehead atoms. The number of hydrogen-bond acceptors (Lipinski definition) is 2. The largest absolute Gasteiger partial charge is 0.508 e. The van der Waals surface area contributed by atoms with Gasteiger partial charge in [-0.2, -0.15) is 0 Å². The fourth-order valence-corrected chi connectivity index (χ4v) is 3.29. The van der Waals surface area contributed by atoms with E-state index < -0.39 is 0 Å². The van der Waals surface area contributed by atoms with Gasteiger partial charge < -0.3 is 10.2 Å². The van der Waals surface area contributed by atoms with Gasteiger partial charge in [0.1, 0.15) is 11.5 Å². The Morgan fingerprint density at radius 2 is 1.24 bits per heavy atom. The predicted molar refractivity (Wildman–Crippen MR) is 104 cm³/mol. The van der Waals surface area contributed by atoms with Gasteiger partial charge >= 0.3 is 0 Å². The Morgan fingerprint density at radius 3 is 2.00 bits per heavy atom. The first-order valence-electron chi connectivity index (χ1n) is 8.31. The fraction of sp³-hybridized carbons (Fsp3) is 0.0435. The minimum Gasteiger partial charge on any atom is -0.508 e. The number of benzene rings is 4. The fourth-order valence-electron chi connectivity index (χ4n) is 3.29. The number of aromatic hydroxyl groups is 2. The van der Waals surface area contributed by atoms with Crippen LogP contribution in [0.2, 0.25) is 0 Å². The van der Waals surface area contributed by atoms with Gasteiger partial charge in [0.05, 0.1) is 0 Å². The van der Waals surface area contributed by atoms with Crippen LogP contribution in [0.5, 0.6) is 11.5 Å². The molecule has 122 valence electrons. The first-order valence-corrected chi connectivity index (χ1v) is 8.31. The van der Waals surface area contributed by atoms with Crippen molar-refractivity contribution in [3.05, 3.63) is 90.0 Å². The van der Waals surface area contributed by atoms with E-state index in [0.717, 1.165) is 32.7 Å². The molecule has 0 atom stereocenters. The maximum atomic E-state index is 10.2. The summed E-state index contributed by atoms with van der Waals surface area (Å²) in [5.74, 6) is 0.558. The molecule has 0 amide bonds. The third-order valence-corrected chi connectivity index (χ3v) is 4.57. The van der Waals surface area contributed by atoms with Crippen LogP contribution in [0.1, 0.15) is 11.1 Å². The van der Waals surface area contributed by atoms with Crippen LogP contribution in [0.25, 0.3) is 27.6 Å². The molecule has 0 saturated carbocycles. The summed E-state index contributed by atoms with van der Waals surface area (Å²) in [5, 5.41) is 24.7. The van der Waals surface area contributed by atoms with Gasteiger partial charge in [-0.25, -0.2) is 0 Å². The Balaban J connectivity index is 1.73. The van der Waals surface area contributed by atoms with E-state index in [2.05, 4.69) is 0 Å². The van der Waals surface area contributed by atoms with Gasteiger partial charge in [-0.1, -0.05) is 72.8 Å². The zero-order valence-corrected chi connectivity index (χ0v) is 13.7. The molecule has 4 rings (SSSR count). The monoisotopic (exact) mass is 326 g/mol. The van der Waals surface area contributed by atoms with Crippen LogP contribution < -0.4 is 0 Å². The van der Waals surface area contributed by atoms with Crippen LogP contribution in [0.15, 0.2) is 78.9 Å². The number of phenolic OH excluding ortho intramolecular Hbond substituents is 2. The Labute approximate surface area is 146 Å². The molecule has 4 aromatic carbocycles. The summed E-state index contributed by atoms with van der Waals surface area (Å²) in [6.07, 6.45) is 4.51. The van der Waals surface area contributed by atoms with Gasteiger partial charge in [-0.3, -0.25) is 0 Å². The van der Waals surface area contributed by atoms with E-state index in [4.69, 9.17) is 0 Å². The average Bonchev–Trinajstić information content (AvgIpc) is 2.65. The molecule has 0 aromatic heterocycles. The van der Waals surface area contributed by atoms with Crippen molar-refractivity contribution in [2.75, 3.05) is 0 Å². The second kappa shape index (κ2) is 6.33. The van der Waals surface area contributed by atoms with Crippen LogP contribution >= 0.6 is 0 Å². The van der Waals surface area contributed by atoms with Crippen LogP contribution in [0.3, 0.4) is 0 Å². The summed E-state index contributed by atoms with van der Waals surface area (Å²) >= 11 is 0. The van der Waals surface area contributed by atoms with Crippen molar-refractivity contribution in [2.24, 2.45) is 0 Å². The molecule has 0 aliphatic heterocycles. The molecule has 25 heavy (non-hydrogen) atoms.